The molecule has 0 aliphatic carbocycles. The average Bonchev–Trinajstić information content (AvgIpc) is 3.45. The Bertz CT molecular complexity index is 1260. The Kier molecular flexibility index (Phi) is 5.54. The zero-order valence-electron chi connectivity index (χ0n) is 18.8. The molecule has 1 amide bonds. The fraction of sp³-hybridized carbons (Fsp3) is 0.269. The van der Waals surface area contributed by atoms with Crippen LogP contribution in [0.1, 0.15) is 54.5 Å². The molecule has 0 radical (unpaired) electrons. The van der Waals surface area contributed by atoms with Crippen LogP contribution < -0.4 is 5.32 Å². The second-order valence-corrected chi connectivity index (χ2v) is 8.71. The van der Waals surface area contributed by atoms with Gasteiger partial charge in [-0.3, -0.25) is 4.79 Å². The highest BCUT2D eigenvalue weighted by molar-refractivity contribution is 6.05. The monoisotopic (exact) mass is 443 g/mol. The van der Waals surface area contributed by atoms with Crippen LogP contribution in [0.3, 0.4) is 0 Å². The Balaban J connectivity index is 1.36. The molecule has 168 valence electrons. The standard InChI is InChI=1S/C26H26FN5O/c1-17(2)25-22(15-28-32(25)21-12-8-19(27)9-13-21)26(33)29-20-10-6-18(7-11-20)23-16-31-14-4-3-5-24(31)30-23/h6-13,15-17H,3-5,14H2,1-2H3,(H,29,33). The summed E-state index contributed by atoms with van der Waals surface area (Å²) < 4.78 is 17.3. The van der Waals surface area contributed by atoms with Crippen molar-refractivity contribution in [3.63, 3.8) is 0 Å². The Morgan fingerprint density at radius 1 is 1.06 bits per heavy atom. The second kappa shape index (κ2) is 8.65. The summed E-state index contributed by atoms with van der Waals surface area (Å²) in [7, 11) is 0. The first-order valence-electron chi connectivity index (χ1n) is 11.3. The number of aromatic nitrogens is 4. The Hall–Kier alpha value is -3.74. The van der Waals surface area contributed by atoms with E-state index in [9.17, 15) is 9.18 Å². The molecule has 0 atom stereocenters. The molecule has 1 N–H and O–H groups in total. The van der Waals surface area contributed by atoms with Crippen molar-refractivity contribution in [2.75, 3.05) is 5.32 Å². The molecule has 6 nitrogen and oxygen atoms in total. The lowest BCUT2D eigenvalue weighted by Crippen LogP contribution is -2.15. The van der Waals surface area contributed by atoms with Crippen LogP contribution in [-0.4, -0.2) is 25.2 Å². The maximum atomic E-state index is 13.3. The fourth-order valence-corrected chi connectivity index (χ4v) is 4.35. The summed E-state index contributed by atoms with van der Waals surface area (Å²) in [6, 6.07) is 13.8. The molecule has 33 heavy (non-hydrogen) atoms. The molecular weight excluding hydrogens is 417 g/mol. The first kappa shape index (κ1) is 21.1. The zero-order valence-corrected chi connectivity index (χ0v) is 18.8. The van der Waals surface area contributed by atoms with Crippen LogP contribution in [0.15, 0.2) is 60.9 Å². The Labute approximate surface area is 192 Å². The van der Waals surface area contributed by atoms with Gasteiger partial charge in [-0.05, 0) is 55.2 Å². The van der Waals surface area contributed by atoms with Crippen LogP contribution in [0.4, 0.5) is 10.1 Å². The predicted molar refractivity (Wildman–Crippen MR) is 126 cm³/mol. The molecule has 0 saturated heterocycles. The minimum atomic E-state index is -0.311. The Morgan fingerprint density at radius 2 is 1.82 bits per heavy atom. The van der Waals surface area contributed by atoms with Gasteiger partial charge in [0.15, 0.2) is 0 Å². The van der Waals surface area contributed by atoms with Gasteiger partial charge in [0.2, 0.25) is 0 Å². The van der Waals surface area contributed by atoms with Crippen LogP contribution in [0.5, 0.6) is 0 Å². The first-order valence-corrected chi connectivity index (χ1v) is 11.3. The summed E-state index contributed by atoms with van der Waals surface area (Å²) in [6.07, 6.45) is 7.10. The summed E-state index contributed by atoms with van der Waals surface area (Å²) in [4.78, 5) is 17.9. The SMILES string of the molecule is CC(C)c1c(C(=O)Nc2ccc(-c3cn4c(n3)CCCC4)cc2)cnn1-c1ccc(F)cc1. The fourth-order valence-electron chi connectivity index (χ4n) is 4.35. The van der Waals surface area contributed by atoms with Gasteiger partial charge in [0, 0.05) is 30.4 Å². The number of aryl methyl sites for hydroxylation is 2. The molecule has 4 aromatic rings. The number of hydrogen-bond donors (Lipinski definition) is 1. The third-order valence-corrected chi connectivity index (χ3v) is 6.02. The molecule has 0 bridgehead atoms. The predicted octanol–water partition coefficient (Wildman–Crippen LogP) is 5.59. The van der Waals surface area contributed by atoms with E-state index < -0.39 is 0 Å². The van der Waals surface area contributed by atoms with E-state index in [-0.39, 0.29) is 17.6 Å². The number of fused-ring (bicyclic) bond motifs is 1. The summed E-state index contributed by atoms with van der Waals surface area (Å²) in [5, 5.41) is 7.39. The normalized spacial score (nSPS) is 13.2. The number of halogens is 1. The number of hydrogen-bond acceptors (Lipinski definition) is 3. The smallest absolute Gasteiger partial charge is 0.259 e. The minimum Gasteiger partial charge on any atom is -0.334 e. The van der Waals surface area contributed by atoms with Gasteiger partial charge >= 0.3 is 0 Å². The van der Waals surface area contributed by atoms with Crippen molar-refractivity contribution in [3.05, 3.63) is 83.8 Å². The minimum absolute atomic E-state index is 0.0487. The van der Waals surface area contributed by atoms with Gasteiger partial charge in [-0.2, -0.15) is 5.10 Å². The van der Waals surface area contributed by atoms with Crippen LogP contribution in [0.2, 0.25) is 0 Å². The van der Waals surface area contributed by atoms with Crippen molar-refractivity contribution in [1.82, 2.24) is 19.3 Å². The molecule has 1 aliphatic rings. The molecule has 7 heteroatoms. The van der Waals surface area contributed by atoms with E-state index in [0.717, 1.165) is 35.7 Å². The van der Waals surface area contributed by atoms with Crippen molar-refractivity contribution in [2.24, 2.45) is 0 Å². The molecular formula is C26H26FN5O. The summed E-state index contributed by atoms with van der Waals surface area (Å²) in [5.41, 5.74) is 4.69. The number of anilines is 1. The van der Waals surface area contributed by atoms with E-state index >= 15 is 0 Å². The lowest BCUT2D eigenvalue weighted by atomic mass is 10.0. The molecule has 5 rings (SSSR count). The molecule has 0 saturated carbocycles. The highest BCUT2D eigenvalue weighted by atomic mass is 19.1. The van der Waals surface area contributed by atoms with Crippen molar-refractivity contribution >= 4 is 11.6 Å². The van der Waals surface area contributed by atoms with Gasteiger partial charge in [0.05, 0.1) is 28.8 Å². The maximum Gasteiger partial charge on any atom is 0.259 e. The molecule has 0 fully saturated rings. The van der Waals surface area contributed by atoms with Gasteiger partial charge in [0.25, 0.3) is 5.91 Å². The largest absolute Gasteiger partial charge is 0.334 e. The van der Waals surface area contributed by atoms with E-state index in [1.54, 1.807) is 23.0 Å². The van der Waals surface area contributed by atoms with Crippen molar-refractivity contribution in [1.29, 1.82) is 0 Å². The third kappa shape index (κ3) is 4.18. The number of benzene rings is 2. The van der Waals surface area contributed by atoms with Gasteiger partial charge < -0.3 is 9.88 Å². The number of imidazole rings is 1. The summed E-state index contributed by atoms with van der Waals surface area (Å²) >= 11 is 0. The number of nitrogens with zero attached hydrogens (tertiary/aromatic N) is 4. The van der Waals surface area contributed by atoms with Gasteiger partial charge in [-0.1, -0.05) is 26.0 Å². The van der Waals surface area contributed by atoms with Crippen molar-refractivity contribution in [3.8, 4) is 16.9 Å². The lowest BCUT2D eigenvalue weighted by molar-refractivity contribution is 0.102. The third-order valence-electron chi connectivity index (χ3n) is 6.02. The van der Waals surface area contributed by atoms with E-state index in [4.69, 9.17) is 4.98 Å². The van der Waals surface area contributed by atoms with E-state index in [0.29, 0.717) is 16.9 Å². The molecule has 0 unspecified atom stereocenters. The molecule has 1 aliphatic heterocycles. The van der Waals surface area contributed by atoms with Crippen molar-refractivity contribution in [2.45, 2.75) is 45.6 Å². The number of carbonyl (C=O) groups is 1. The van der Waals surface area contributed by atoms with Crippen LogP contribution in [-0.2, 0) is 13.0 Å². The molecule has 2 aromatic heterocycles. The number of amides is 1. The van der Waals surface area contributed by atoms with Gasteiger partial charge in [0.1, 0.15) is 11.6 Å². The number of nitrogens with one attached hydrogen (secondary N) is 1. The second-order valence-electron chi connectivity index (χ2n) is 8.71. The maximum absolute atomic E-state index is 13.3. The lowest BCUT2D eigenvalue weighted by Gasteiger charge is -2.13. The van der Waals surface area contributed by atoms with Crippen LogP contribution in [0, 0.1) is 5.82 Å². The quantitative estimate of drug-likeness (QED) is 0.437. The first-order chi connectivity index (χ1) is 16.0. The highest BCUT2D eigenvalue weighted by Gasteiger charge is 2.21. The molecule has 3 heterocycles. The van der Waals surface area contributed by atoms with Crippen LogP contribution >= 0.6 is 0 Å². The van der Waals surface area contributed by atoms with Crippen LogP contribution in [0.25, 0.3) is 16.9 Å². The van der Waals surface area contributed by atoms with Crippen molar-refractivity contribution < 1.29 is 9.18 Å². The zero-order chi connectivity index (χ0) is 22.9. The Morgan fingerprint density at radius 3 is 2.52 bits per heavy atom. The topological polar surface area (TPSA) is 64.7 Å². The summed E-state index contributed by atoms with van der Waals surface area (Å²) in [6.45, 7) is 5.04. The average molecular weight is 444 g/mol. The summed E-state index contributed by atoms with van der Waals surface area (Å²) in [5.74, 6) is 0.659. The highest BCUT2D eigenvalue weighted by Crippen LogP contribution is 2.26. The van der Waals surface area contributed by atoms with E-state index in [1.807, 2.05) is 38.1 Å². The van der Waals surface area contributed by atoms with Gasteiger partial charge in [-0.25, -0.2) is 14.1 Å². The number of carbonyl (C=O) groups excluding carboxylic acids is 1. The van der Waals surface area contributed by atoms with E-state index in [1.165, 1.54) is 25.0 Å². The molecule has 0 spiro atoms. The number of rotatable bonds is 5. The van der Waals surface area contributed by atoms with Gasteiger partial charge in [-0.15, -0.1) is 0 Å². The van der Waals surface area contributed by atoms with E-state index in [2.05, 4.69) is 21.2 Å². The molecule has 2 aromatic carbocycles.